The highest BCUT2D eigenvalue weighted by molar-refractivity contribution is 9.10. The van der Waals surface area contributed by atoms with Crippen LogP contribution in [0.1, 0.15) is 15.9 Å². The molecule has 1 N–H and O–H groups in total. The van der Waals surface area contributed by atoms with Crippen LogP contribution in [0.15, 0.2) is 45.3 Å². The van der Waals surface area contributed by atoms with Gasteiger partial charge in [0.25, 0.3) is 5.91 Å². The first-order valence-electron chi connectivity index (χ1n) is 5.47. The third-order valence-electron chi connectivity index (χ3n) is 2.53. The van der Waals surface area contributed by atoms with E-state index < -0.39 is 0 Å². The molecule has 3 nitrogen and oxygen atoms in total. The highest BCUT2D eigenvalue weighted by Gasteiger charge is 2.11. The lowest BCUT2D eigenvalue weighted by Gasteiger charge is -2.08. The van der Waals surface area contributed by atoms with Crippen LogP contribution in [0, 0.1) is 11.3 Å². The molecule has 0 aliphatic rings. The van der Waals surface area contributed by atoms with E-state index in [0.717, 1.165) is 8.95 Å². The van der Waals surface area contributed by atoms with E-state index in [0.29, 0.717) is 21.8 Å². The topological polar surface area (TPSA) is 52.9 Å². The summed E-state index contributed by atoms with van der Waals surface area (Å²) in [5.41, 5.74) is 1.26. The number of nitriles is 1. The van der Waals surface area contributed by atoms with Gasteiger partial charge in [-0.15, -0.1) is 0 Å². The van der Waals surface area contributed by atoms with Gasteiger partial charge in [0.2, 0.25) is 0 Å². The highest BCUT2D eigenvalue weighted by atomic mass is 79.9. The third kappa shape index (κ3) is 3.40. The number of carbonyl (C=O) groups excluding carboxylic acids is 1. The Balaban J connectivity index is 2.30. The molecule has 0 spiro atoms. The van der Waals surface area contributed by atoms with Crippen molar-refractivity contribution in [3.8, 4) is 6.07 Å². The number of hydrogen-bond acceptors (Lipinski definition) is 2. The number of benzene rings is 2. The van der Waals surface area contributed by atoms with E-state index >= 15 is 0 Å². The molecule has 0 radical (unpaired) electrons. The van der Waals surface area contributed by atoms with Crippen LogP contribution >= 0.6 is 43.5 Å². The largest absolute Gasteiger partial charge is 0.321 e. The minimum atomic E-state index is -0.325. The molecule has 0 unspecified atom stereocenters. The molecule has 0 aliphatic carbocycles. The molecule has 2 aromatic rings. The first-order chi connectivity index (χ1) is 9.51. The lowest BCUT2D eigenvalue weighted by atomic mass is 10.1. The number of nitrogens with one attached hydrogen (secondary N) is 1. The van der Waals surface area contributed by atoms with Gasteiger partial charge in [0.05, 0.1) is 16.3 Å². The van der Waals surface area contributed by atoms with Crippen LogP contribution in [0.25, 0.3) is 0 Å². The molecule has 20 heavy (non-hydrogen) atoms. The Kier molecular flexibility index (Phi) is 4.81. The molecule has 0 aromatic heterocycles. The minimum Gasteiger partial charge on any atom is -0.321 e. The second kappa shape index (κ2) is 6.40. The standard InChI is InChI=1S/C14H7Br2ClN2O/c15-10-3-1-9(7-18)13(6-10)19-14(20)8-2-4-11(16)12(17)5-8/h1-6H,(H,19,20). The van der Waals surface area contributed by atoms with Gasteiger partial charge in [0.15, 0.2) is 0 Å². The van der Waals surface area contributed by atoms with Gasteiger partial charge in [-0.05, 0) is 52.3 Å². The Labute approximate surface area is 137 Å². The average molecular weight is 414 g/mol. The van der Waals surface area contributed by atoms with Gasteiger partial charge in [0.1, 0.15) is 6.07 Å². The molecule has 2 aromatic carbocycles. The molecule has 0 heterocycles. The lowest BCUT2D eigenvalue weighted by Crippen LogP contribution is -2.12. The maximum absolute atomic E-state index is 12.1. The number of anilines is 1. The molecule has 0 saturated carbocycles. The zero-order chi connectivity index (χ0) is 14.7. The monoisotopic (exact) mass is 412 g/mol. The first-order valence-corrected chi connectivity index (χ1v) is 7.43. The van der Waals surface area contributed by atoms with Crippen molar-refractivity contribution in [2.75, 3.05) is 5.32 Å². The summed E-state index contributed by atoms with van der Waals surface area (Å²) in [6.07, 6.45) is 0. The normalized spacial score (nSPS) is 9.90. The van der Waals surface area contributed by atoms with Gasteiger partial charge in [-0.3, -0.25) is 4.79 Å². The molecule has 2 rings (SSSR count). The molecule has 0 aliphatic heterocycles. The van der Waals surface area contributed by atoms with E-state index in [1.54, 1.807) is 36.4 Å². The minimum absolute atomic E-state index is 0.325. The van der Waals surface area contributed by atoms with Crippen LogP contribution in [0.3, 0.4) is 0 Å². The van der Waals surface area contributed by atoms with Crippen molar-refractivity contribution in [1.29, 1.82) is 5.26 Å². The third-order valence-corrected chi connectivity index (χ3v) is 4.26. The second-order valence-electron chi connectivity index (χ2n) is 3.88. The predicted molar refractivity (Wildman–Crippen MR) is 86.0 cm³/mol. The second-order valence-corrected chi connectivity index (χ2v) is 6.06. The fourth-order valence-electron chi connectivity index (χ4n) is 1.55. The molecular weight excluding hydrogens is 407 g/mol. The number of hydrogen-bond donors (Lipinski definition) is 1. The van der Waals surface area contributed by atoms with Gasteiger partial charge < -0.3 is 5.32 Å². The summed E-state index contributed by atoms with van der Waals surface area (Å²) in [6.45, 7) is 0. The van der Waals surface area contributed by atoms with Crippen molar-refractivity contribution >= 4 is 55.1 Å². The quantitative estimate of drug-likeness (QED) is 0.753. The summed E-state index contributed by atoms with van der Waals surface area (Å²) in [5.74, 6) is -0.325. The molecule has 100 valence electrons. The van der Waals surface area contributed by atoms with Crippen molar-refractivity contribution in [2.24, 2.45) is 0 Å². The Morgan fingerprint density at radius 2 is 1.95 bits per heavy atom. The zero-order valence-electron chi connectivity index (χ0n) is 9.95. The van der Waals surface area contributed by atoms with E-state index in [-0.39, 0.29) is 5.91 Å². The van der Waals surface area contributed by atoms with Crippen molar-refractivity contribution in [1.82, 2.24) is 0 Å². The summed E-state index contributed by atoms with van der Waals surface area (Å²) < 4.78 is 1.50. The van der Waals surface area contributed by atoms with Crippen LogP contribution in [-0.4, -0.2) is 5.91 Å². The zero-order valence-corrected chi connectivity index (χ0v) is 13.9. The Morgan fingerprint density at radius 1 is 1.20 bits per heavy atom. The maximum atomic E-state index is 12.1. The van der Waals surface area contributed by atoms with Gasteiger partial charge >= 0.3 is 0 Å². The van der Waals surface area contributed by atoms with E-state index in [1.165, 1.54) is 0 Å². The van der Waals surface area contributed by atoms with Crippen LogP contribution in [0.5, 0.6) is 0 Å². The van der Waals surface area contributed by atoms with E-state index in [4.69, 9.17) is 16.9 Å². The SMILES string of the molecule is N#Cc1ccc(Br)cc1NC(=O)c1ccc(Br)c(Cl)c1. The molecule has 0 atom stereocenters. The lowest BCUT2D eigenvalue weighted by molar-refractivity contribution is 0.102. The van der Waals surface area contributed by atoms with Gasteiger partial charge in [-0.1, -0.05) is 27.5 Å². The predicted octanol–water partition coefficient (Wildman–Crippen LogP) is 4.99. The van der Waals surface area contributed by atoms with Crippen molar-refractivity contribution in [2.45, 2.75) is 0 Å². The number of nitrogens with zero attached hydrogens (tertiary/aromatic N) is 1. The smallest absolute Gasteiger partial charge is 0.255 e. The number of halogens is 3. The number of rotatable bonds is 2. The maximum Gasteiger partial charge on any atom is 0.255 e. The molecule has 0 bridgehead atoms. The Hall–Kier alpha value is -1.35. The van der Waals surface area contributed by atoms with Gasteiger partial charge in [0, 0.05) is 14.5 Å². The van der Waals surface area contributed by atoms with Gasteiger partial charge in [-0.2, -0.15) is 5.26 Å². The molecule has 1 amide bonds. The van der Waals surface area contributed by atoms with E-state index in [1.807, 2.05) is 6.07 Å². The van der Waals surface area contributed by atoms with Crippen LogP contribution in [-0.2, 0) is 0 Å². The molecule has 0 saturated heterocycles. The van der Waals surface area contributed by atoms with Crippen LogP contribution < -0.4 is 5.32 Å². The number of amides is 1. The molecule has 0 fully saturated rings. The number of carbonyl (C=O) groups is 1. The first kappa shape index (κ1) is 15.0. The summed E-state index contributed by atoms with van der Waals surface area (Å²) in [7, 11) is 0. The van der Waals surface area contributed by atoms with Crippen molar-refractivity contribution < 1.29 is 4.79 Å². The summed E-state index contributed by atoms with van der Waals surface area (Å²) >= 11 is 12.5. The molecule has 6 heteroatoms. The van der Waals surface area contributed by atoms with E-state index in [2.05, 4.69) is 37.2 Å². The fraction of sp³-hybridized carbons (Fsp3) is 0. The Bertz CT molecular complexity index is 726. The summed E-state index contributed by atoms with van der Waals surface area (Å²) in [5, 5.41) is 12.2. The highest BCUT2D eigenvalue weighted by Crippen LogP contribution is 2.25. The van der Waals surface area contributed by atoms with E-state index in [9.17, 15) is 4.79 Å². The fourth-order valence-corrected chi connectivity index (χ4v) is 2.34. The van der Waals surface area contributed by atoms with Crippen molar-refractivity contribution in [3.05, 3.63) is 61.5 Å². The van der Waals surface area contributed by atoms with Gasteiger partial charge in [-0.25, -0.2) is 0 Å². The molecular formula is C14H7Br2ClN2O. The summed E-state index contributed by atoms with van der Waals surface area (Å²) in [4.78, 5) is 12.1. The van der Waals surface area contributed by atoms with Crippen LogP contribution in [0.2, 0.25) is 5.02 Å². The van der Waals surface area contributed by atoms with Crippen LogP contribution in [0.4, 0.5) is 5.69 Å². The van der Waals surface area contributed by atoms with Crippen molar-refractivity contribution in [3.63, 3.8) is 0 Å². The summed E-state index contributed by atoms with van der Waals surface area (Å²) in [6, 6.07) is 12.0. The average Bonchev–Trinajstić information content (AvgIpc) is 2.42. The Morgan fingerprint density at radius 3 is 2.60 bits per heavy atom.